The molecule has 3 N–H and O–H groups in total. The Bertz CT molecular complexity index is 1300. The van der Waals surface area contributed by atoms with Gasteiger partial charge in [-0.15, -0.1) is 0 Å². The maximum atomic E-state index is 13.2. The average molecular weight is 357 g/mol. The molecule has 27 heavy (non-hydrogen) atoms. The molecule has 5 rings (SSSR count). The van der Waals surface area contributed by atoms with Gasteiger partial charge in [0.2, 0.25) is 11.8 Å². The molecule has 7 nitrogen and oxygen atoms in total. The van der Waals surface area contributed by atoms with E-state index in [2.05, 4.69) is 5.32 Å². The van der Waals surface area contributed by atoms with Gasteiger partial charge in [-0.1, -0.05) is 30.3 Å². The molecule has 0 bridgehead atoms. The molecule has 0 saturated carbocycles. The summed E-state index contributed by atoms with van der Waals surface area (Å²) in [5.41, 5.74) is 4.65. The average Bonchev–Trinajstić information content (AvgIpc) is 2.94. The van der Waals surface area contributed by atoms with E-state index in [1.807, 2.05) is 6.07 Å². The number of hydrogen-bond donors (Lipinski definition) is 2. The van der Waals surface area contributed by atoms with Crippen LogP contribution in [0.1, 0.15) is 11.1 Å². The maximum Gasteiger partial charge on any atom is 0.345 e. The number of carbonyl (C=O) groups excluding carboxylic acids is 1. The number of amides is 1. The molecule has 1 atom stereocenters. The first kappa shape index (κ1) is 15.2. The fourth-order valence-corrected chi connectivity index (χ4v) is 3.91. The van der Waals surface area contributed by atoms with Gasteiger partial charge in [0.15, 0.2) is 11.2 Å². The number of carbonyl (C=O) groups is 1. The zero-order valence-corrected chi connectivity index (χ0v) is 13.8. The summed E-state index contributed by atoms with van der Waals surface area (Å²) in [5, 5.41) is 13.0. The normalized spacial score (nSPS) is 20.0. The van der Waals surface area contributed by atoms with Gasteiger partial charge in [0.05, 0.1) is 5.39 Å². The lowest BCUT2D eigenvalue weighted by Gasteiger charge is -2.32. The highest BCUT2D eigenvalue weighted by molar-refractivity contribution is 6.13. The summed E-state index contributed by atoms with van der Waals surface area (Å²) >= 11 is 0. The van der Waals surface area contributed by atoms with Gasteiger partial charge in [0, 0.05) is 11.3 Å². The molecule has 7 heteroatoms. The Balaban J connectivity index is 2.03. The number of nitrogens with zero attached hydrogens (tertiary/aromatic N) is 1. The molecule has 0 fully saturated rings. The van der Waals surface area contributed by atoms with Crippen LogP contribution in [0.15, 0.2) is 69.2 Å². The molecule has 2 aromatic carbocycles. The minimum Gasteiger partial charge on any atom is -0.439 e. The fourth-order valence-electron chi connectivity index (χ4n) is 3.91. The van der Waals surface area contributed by atoms with E-state index in [4.69, 9.17) is 14.9 Å². The second kappa shape index (κ2) is 4.99. The number of hydrogen-bond acceptors (Lipinski definition) is 6. The molecule has 1 unspecified atom stereocenters. The van der Waals surface area contributed by atoms with Crippen LogP contribution in [0.25, 0.3) is 11.0 Å². The Morgan fingerprint density at radius 1 is 1.07 bits per heavy atom. The molecule has 0 saturated heterocycles. The Morgan fingerprint density at radius 2 is 1.81 bits per heavy atom. The molecule has 0 aliphatic carbocycles. The SMILES string of the molecule is N#CC1=C(N)Oc2c(c(=O)oc3ccccc23)C12C(=O)Nc1ccccc12. The van der Waals surface area contributed by atoms with Crippen LogP contribution in [0, 0.1) is 11.3 Å². The Morgan fingerprint density at radius 3 is 2.63 bits per heavy atom. The minimum atomic E-state index is -1.71. The molecule has 2 aliphatic heterocycles. The summed E-state index contributed by atoms with van der Waals surface area (Å²) in [6.45, 7) is 0. The zero-order chi connectivity index (χ0) is 18.8. The van der Waals surface area contributed by atoms with Crippen molar-refractivity contribution in [3.05, 3.63) is 81.5 Å². The first-order valence-corrected chi connectivity index (χ1v) is 8.14. The highest BCUT2D eigenvalue weighted by Crippen LogP contribution is 2.53. The largest absolute Gasteiger partial charge is 0.439 e. The molecule has 3 heterocycles. The number of ether oxygens (including phenoxy) is 1. The van der Waals surface area contributed by atoms with E-state index < -0.39 is 16.9 Å². The van der Waals surface area contributed by atoms with Crippen molar-refractivity contribution in [3.63, 3.8) is 0 Å². The lowest BCUT2D eigenvalue weighted by molar-refractivity contribution is -0.118. The molecule has 1 amide bonds. The number of rotatable bonds is 0. The predicted octanol–water partition coefficient (Wildman–Crippen LogP) is 2.12. The van der Waals surface area contributed by atoms with E-state index >= 15 is 0 Å². The lowest BCUT2D eigenvalue weighted by atomic mass is 9.69. The molecular formula is C20H11N3O4. The fraction of sp³-hybridized carbons (Fsp3) is 0.0500. The van der Waals surface area contributed by atoms with Crippen LogP contribution < -0.4 is 21.4 Å². The third-order valence-electron chi connectivity index (χ3n) is 5.01. The third kappa shape index (κ3) is 1.69. The number of nitrogens with two attached hydrogens (primary N) is 1. The van der Waals surface area contributed by atoms with Crippen LogP contribution in [-0.4, -0.2) is 5.91 Å². The van der Waals surface area contributed by atoms with Crippen LogP contribution in [0.4, 0.5) is 5.69 Å². The first-order valence-electron chi connectivity index (χ1n) is 8.14. The van der Waals surface area contributed by atoms with Crippen LogP contribution in [0.5, 0.6) is 5.75 Å². The van der Waals surface area contributed by atoms with Crippen LogP contribution >= 0.6 is 0 Å². The van der Waals surface area contributed by atoms with Gasteiger partial charge < -0.3 is 20.2 Å². The zero-order valence-electron chi connectivity index (χ0n) is 13.8. The second-order valence-corrected chi connectivity index (χ2v) is 6.29. The predicted molar refractivity (Wildman–Crippen MR) is 95.8 cm³/mol. The van der Waals surface area contributed by atoms with Gasteiger partial charge in [-0.05, 0) is 18.2 Å². The standard InChI is InChI=1S/C20H11N3O4/c21-9-12-17(22)27-16-10-5-1-4-8-14(10)26-18(24)15(16)20(12)11-6-2-3-7-13(11)23-19(20)25/h1-8H,22H2,(H,23,25). The molecule has 1 aromatic heterocycles. The van der Waals surface area contributed by atoms with Crippen molar-refractivity contribution >= 4 is 22.6 Å². The van der Waals surface area contributed by atoms with Crippen molar-refractivity contribution in [2.75, 3.05) is 5.32 Å². The van der Waals surface area contributed by atoms with E-state index in [1.54, 1.807) is 48.5 Å². The smallest absolute Gasteiger partial charge is 0.345 e. The van der Waals surface area contributed by atoms with Crippen molar-refractivity contribution in [2.45, 2.75) is 5.41 Å². The van der Waals surface area contributed by atoms with Gasteiger partial charge in [-0.2, -0.15) is 5.26 Å². The number of nitrogens with one attached hydrogen (secondary N) is 1. The van der Waals surface area contributed by atoms with E-state index in [0.29, 0.717) is 22.2 Å². The Hall–Kier alpha value is -4.05. The highest BCUT2D eigenvalue weighted by Gasteiger charge is 2.58. The number of para-hydroxylation sites is 2. The second-order valence-electron chi connectivity index (χ2n) is 6.29. The number of fused-ring (bicyclic) bond motifs is 6. The van der Waals surface area contributed by atoms with Crippen molar-refractivity contribution < 1.29 is 13.9 Å². The van der Waals surface area contributed by atoms with E-state index in [-0.39, 0.29) is 22.8 Å². The van der Waals surface area contributed by atoms with Crippen molar-refractivity contribution in [1.82, 2.24) is 0 Å². The monoisotopic (exact) mass is 357 g/mol. The molecule has 0 radical (unpaired) electrons. The molecular weight excluding hydrogens is 346 g/mol. The molecule has 130 valence electrons. The van der Waals surface area contributed by atoms with Crippen LogP contribution in [-0.2, 0) is 10.2 Å². The van der Waals surface area contributed by atoms with Crippen LogP contribution in [0.3, 0.4) is 0 Å². The summed E-state index contributed by atoms with van der Waals surface area (Å²) in [5.74, 6) is -0.631. The molecule has 2 aliphatic rings. The van der Waals surface area contributed by atoms with Gasteiger partial charge >= 0.3 is 5.63 Å². The summed E-state index contributed by atoms with van der Waals surface area (Å²) in [4.78, 5) is 26.1. The Kier molecular flexibility index (Phi) is 2.81. The van der Waals surface area contributed by atoms with Gasteiger partial charge in [-0.25, -0.2) is 4.79 Å². The summed E-state index contributed by atoms with van der Waals surface area (Å²) in [7, 11) is 0. The number of anilines is 1. The van der Waals surface area contributed by atoms with Crippen molar-refractivity contribution in [3.8, 4) is 11.8 Å². The summed E-state index contributed by atoms with van der Waals surface area (Å²) < 4.78 is 11.1. The van der Waals surface area contributed by atoms with Crippen molar-refractivity contribution in [1.29, 1.82) is 5.26 Å². The Labute approximate surface area is 152 Å². The number of nitriles is 1. The van der Waals surface area contributed by atoms with Crippen LogP contribution in [0.2, 0.25) is 0 Å². The van der Waals surface area contributed by atoms with Crippen molar-refractivity contribution in [2.24, 2.45) is 5.73 Å². The maximum absolute atomic E-state index is 13.2. The molecule has 3 aromatic rings. The van der Waals surface area contributed by atoms with Gasteiger partial charge in [-0.3, -0.25) is 4.79 Å². The summed E-state index contributed by atoms with van der Waals surface area (Å²) in [6, 6.07) is 15.6. The van der Waals surface area contributed by atoms with Gasteiger partial charge in [0.1, 0.15) is 22.8 Å². The van der Waals surface area contributed by atoms with E-state index in [1.165, 1.54) is 0 Å². The first-order chi connectivity index (χ1) is 13.1. The summed E-state index contributed by atoms with van der Waals surface area (Å²) in [6.07, 6.45) is 0. The number of benzene rings is 2. The highest BCUT2D eigenvalue weighted by atomic mass is 16.5. The van der Waals surface area contributed by atoms with E-state index in [9.17, 15) is 14.9 Å². The van der Waals surface area contributed by atoms with Gasteiger partial charge in [0.25, 0.3) is 0 Å². The lowest BCUT2D eigenvalue weighted by Crippen LogP contribution is -2.45. The molecule has 1 spiro atoms. The third-order valence-corrected chi connectivity index (χ3v) is 5.01. The van der Waals surface area contributed by atoms with E-state index in [0.717, 1.165) is 0 Å². The quantitative estimate of drug-likeness (QED) is 0.595. The minimum absolute atomic E-state index is 0.0469. The topological polar surface area (TPSA) is 118 Å².